The van der Waals surface area contributed by atoms with Crippen molar-refractivity contribution in [1.29, 1.82) is 0 Å². The Bertz CT molecular complexity index is 996. The van der Waals surface area contributed by atoms with E-state index in [1.807, 2.05) is 0 Å². The lowest BCUT2D eigenvalue weighted by Crippen LogP contribution is -2.24. The molecule has 3 N–H and O–H groups in total. The van der Waals surface area contributed by atoms with Gasteiger partial charge in [0.05, 0.1) is 24.1 Å². The zero-order valence-electron chi connectivity index (χ0n) is 14.4. The fourth-order valence-electron chi connectivity index (χ4n) is 2.05. The van der Waals surface area contributed by atoms with Crippen molar-refractivity contribution in [3.63, 3.8) is 0 Å². The average Bonchev–Trinajstić information content (AvgIpc) is 2.64. The Morgan fingerprint density at radius 3 is 2.59 bits per heavy atom. The number of rotatable bonds is 7. The average molecular weight is 392 g/mol. The molecule has 2 aromatic carbocycles. The summed E-state index contributed by atoms with van der Waals surface area (Å²) in [4.78, 5) is 11.0. The second-order valence-corrected chi connectivity index (χ2v) is 6.89. The number of halogens is 1. The van der Waals surface area contributed by atoms with Gasteiger partial charge in [-0.05, 0) is 30.3 Å². The van der Waals surface area contributed by atoms with E-state index in [1.54, 1.807) is 18.2 Å². The molecule has 0 fully saturated rings. The van der Waals surface area contributed by atoms with Crippen LogP contribution in [0, 0.1) is 17.7 Å². The maximum Gasteiger partial charge on any atom is 0.252 e. The Kier molecular flexibility index (Phi) is 6.76. The fourth-order valence-corrected chi connectivity index (χ4v) is 2.99. The minimum absolute atomic E-state index is 0.0536. The Morgan fingerprint density at radius 1 is 1.19 bits per heavy atom. The van der Waals surface area contributed by atoms with Gasteiger partial charge in [-0.2, -0.15) is 4.72 Å². The van der Waals surface area contributed by atoms with Crippen molar-refractivity contribution < 1.29 is 27.1 Å². The first-order chi connectivity index (χ1) is 12.8. The number of amides is 1. The zero-order valence-corrected chi connectivity index (χ0v) is 15.2. The predicted molar refractivity (Wildman–Crippen MR) is 96.4 cm³/mol. The molecule has 0 aromatic heterocycles. The molecule has 0 aliphatic heterocycles. The van der Waals surface area contributed by atoms with E-state index in [9.17, 15) is 17.6 Å². The topological polar surface area (TPSA) is 108 Å². The number of hydrogen-bond donors (Lipinski definition) is 2. The largest absolute Gasteiger partial charge is 0.494 e. The summed E-state index contributed by atoms with van der Waals surface area (Å²) in [7, 11) is -2.63. The summed E-state index contributed by atoms with van der Waals surface area (Å²) in [6, 6.07) is 9.72. The van der Waals surface area contributed by atoms with Crippen molar-refractivity contribution in [2.45, 2.75) is 4.90 Å². The highest BCUT2D eigenvalue weighted by Crippen LogP contribution is 2.20. The summed E-state index contributed by atoms with van der Waals surface area (Å²) in [5.74, 6) is 4.00. The molecule has 7 nitrogen and oxygen atoms in total. The van der Waals surface area contributed by atoms with Gasteiger partial charge in [0.1, 0.15) is 12.4 Å². The number of ether oxygens (including phenoxy) is 2. The van der Waals surface area contributed by atoms with E-state index in [2.05, 4.69) is 16.6 Å². The molecule has 0 saturated carbocycles. The number of sulfonamides is 1. The molecule has 0 aliphatic carbocycles. The van der Waals surface area contributed by atoms with Gasteiger partial charge in [0, 0.05) is 0 Å². The number of nitrogens with one attached hydrogen (secondary N) is 1. The van der Waals surface area contributed by atoms with Crippen LogP contribution < -0.4 is 19.9 Å². The maximum absolute atomic E-state index is 13.6. The number of nitrogens with two attached hydrogens (primary N) is 1. The van der Waals surface area contributed by atoms with Gasteiger partial charge in [-0.3, -0.25) is 4.79 Å². The van der Waals surface area contributed by atoms with E-state index < -0.39 is 21.7 Å². The maximum atomic E-state index is 13.6. The van der Waals surface area contributed by atoms with E-state index in [0.29, 0.717) is 0 Å². The Hall–Kier alpha value is -3.09. The lowest BCUT2D eigenvalue weighted by atomic mass is 10.2. The van der Waals surface area contributed by atoms with Gasteiger partial charge in [0.15, 0.2) is 11.6 Å². The summed E-state index contributed by atoms with van der Waals surface area (Å²) < 4.78 is 50.1. The summed E-state index contributed by atoms with van der Waals surface area (Å²) in [6.07, 6.45) is 0. The molecule has 27 heavy (non-hydrogen) atoms. The first-order valence-corrected chi connectivity index (χ1v) is 9.14. The highest BCUT2D eigenvalue weighted by Gasteiger charge is 2.15. The minimum Gasteiger partial charge on any atom is -0.494 e. The van der Waals surface area contributed by atoms with Crippen LogP contribution in [-0.4, -0.2) is 34.6 Å². The molecule has 0 radical (unpaired) electrons. The number of para-hydroxylation sites is 1. The molecule has 0 heterocycles. The third-order valence-corrected chi connectivity index (χ3v) is 4.76. The van der Waals surface area contributed by atoms with Crippen molar-refractivity contribution in [1.82, 2.24) is 4.72 Å². The van der Waals surface area contributed by atoms with E-state index in [1.165, 1.54) is 25.3 Å². The van der Waals surface area contributed by atoms with Crippen molar-refractivity contribution >= 4 is 15.9 Å². The number of carbonyl (C=O) groups is 1. The molecule has 2 rings (SSSR count). The normalized spacial score (nSPS) is 10.6. The van der Waals surface area contributed by atoms with E-state index in [-0.39, 0.29) is 35.1 Å². The van der Waals surface area contributed by atoms with Gasteiger partial charge >= 0.3 is 0 Å². The molecule has 9 heteroatoms. The van der Waals surface area contributed by atoms with E-state index in [0.717, 1.165) is 6.07 Å². The molecule has 142 valence electrons. The van der Waals surface area contributed by atoms with Crippen LogP contribution in [0.2, 0.25) is 0 Å². The van der Waals surface area contributed by atoms with Crippen molar-refractivity contribution in [3.05, 3.63) is 53.8 Å². The number of carbonyl (C=O) groups excluding carboxylic acids is 1. The second-order valence-electron chi connectivity index (χ2n) is 5.12. The van der Waals surface area contributed by atoms with Crippen LogP contribution in [0.25, 0.3) is 0 Å². The van der Waals surface area contributed by atoms with Gasteiger partial charge in [-0.15, -0.1) is 0 Å². The van der Waals surface area contributed by atoms with Crippen LogP contribution in [0.4, 0.5) is 4.39 Å². The van der Waals surface area contributed by atoms with Gasteiger partial charge in [0.25, 0.3) is 5.91 Å². The van der Waals surface area contributed by atoms with Crippen LogP contribution >= 0.6 is 0 Å². The molecule has 0 atom stereocenters. The van der Waals surface area contributed by atoms with Crippen LogP contribution in [-0.2, 0) is 10.0 Å². The molecule has 0 spiro atoms. The lowest BCUT2D eigenvalue weighted by Gasteiger charge is -2.07. The first kappa shape index (κ1) is 20.2. The van der Waals surface area contributed by atoms with E-state index in [4.69, 9.17) is 15.2 Å². The summed E-state index contributed by atoms with van der Waals surface area (Å²) in [5, 5.41) is 0. The molecule has 2 aromatic rings. The highest BCUT2D eigenvalue weighted by molar-refractivity contribution is 7.89. The second kappa shape index (κ2) is 9.02. The van der Waals surface area contributed by atoms with Gasteiger partial charge in [0.2, 0.25) is 10.0 Å². The van der Waals surface area contributed by atoms with Gasteiger partial charge < -0.3 is 15.2 Å². The lowest BCUT2D eigenvalue weighted by molar-refractivity contribution is 0.0997. The first-order valence-electron chi connectivity index (χ1n) is 7.65. The summed E-state index contributed by atoms with van der Waals surface area (Å²) in [6.45, 7) is -0.264. The van der Waals surface area contributed by atoms with Crippen LogP contribution in [0.1, 0.15) is 10.4 Å². The number of hydrogen-bond acceptors (Lipinski definition) is 5. The third-order valence-electron chi connectivity index (χ3n) is 3.36. The van der Waals surface area contributed by atoms with Crippen LogP contribution in [0.15, 0.2) is 47.4 Å². The third kappa shape index (κ3) is 5.44. The van der Waals surface area contributed by atoms with Crippen LogP contribution in [0.5, 0.6) is 11.5 Å². The molecular weight excluding hydrogens is 375 g/mol. The van der Waals surface area contributed by atoms with Gasteiger partial charge in [-0.1, -0.05) is 24.0 Å². The fraction of sp³-hybridized carbons (Fsp3) is 0.167. The molecule has 0 aliphatic rings. The van der Waals surface area contributed by atoms with Gasteiger partial charge in [-0.25, -0.2) is 12.8 Å². The number of methoxy groups -OCH3 is 1. The molecule has 0 saturated heterocycles. The minimum atomic E-state index is -3.92. The quantitative estimate of drug-likeness (QED) is 0.691. The smallest absolute Gasteiger partial charge is 0.252 e. The number of primary amides is 1. The van der Waals surface area contributed by atoms with Crippen molar-refractivity contribution in [2.75, 3.05) is 20.3 Å². The highest BCUT2D eigenvalue weighted by atomic mass is 32.2. The van der Waals surface area contributed by atoms with Crippen molar-refractivity contribution in [2.24, 2.45) is 5.73 Å². The monoisotopic (exact) mass is 392 g/mol. The molecule has 0 unspecified atom stereocenters. The molecule has 0 bridgehead atoms. The predicted octanol–water partition coefficient (Wildman–Crippen LogP) is 1.29. The van der Waals surface area contributed by atoms with Crippen LogP contribution in [0.3, 0.4) is 0 Å². The van der Waals surface area contributed by atoms with E-state index >= 15 is 0 Å². The zero-order chi connectivity index (χ0) is 19.9. The SMILES string of the molecule is COc1ccc(S(=O)(=O)NCC#CCOc2ccccc2C(N)=O)cc1F. The Morgan fingerprint density at radius 2 is 1.93 bits per heavy atom. The Labute approximate surface area is 156 Å². The molecular formula is C18H17FN2O5S. The number of benzene rings is 2. The standard InChI is InChI=1S/C18H17FN2O5S/c1-25-17-9-8-13(12-15(17)19)27(23,24)21-10-4-5-11-26-16-7-3-2-6-14(16)18(20)22/h2-3,6-9,12,21H,10-11H2,1H3,(H2,20,22). The summed E-state index contributed by atoms with van der Waals surface area (Å²) >= 11 is 0. The molecule has 1 amide bonds. The Balaban J connectivity index is 1.91. The van der Waals surface area contributed by atoms with Crippen molar-refractivity contribution in [3.8, 4) is 23.3 Å². The summed E-state index contributed by atoms with van der Waals surface area (Å²) in [5.41, 5.74) is 5.46.